The van der Waals surface area contributed by atoms with Crippen molar-refractivity contribution in [3.8, 4) is 0 Å². The number of likely N-dealkylation sites (N-methyl/N-ethyl adjacent to an activating group) is 1. The van der Waals surface area contributed by atoms with Crippen LogP contribution in [0.4, 0.5) is 0 Å². The van der Waals surface area contributed by atoms with Gasteiger partial charge in [0.2, 0.25) is 5.91 Å². The van der Waals surface area contributed by atoms with Crippen molar-refractivity contribution in [2.24, 2.45) is 0 Å². The largest absolute Gasteiger partial charge is 0.452 e. The number of benzene rings is 1. The summed E-state index contributed by atoms with van der Waals surface area (Å²) in [5.41, 5.74) is 2.69. The first-order valence-electron chi connectivity index (χ1n) is 8.00. The maximum absolute atomic E-state index is 12.5. The third kappa shape index (κ3) is 4.32. The topological polar surface area (TPSA) is 97.4 Å². The molecule has 2 amide bonds. The Balaban J connectivity index is 2.17. The van der Waals surface area contributed by atoms with E-state index in [0.717, 1.165) is 11.3 Å². The van der Waals surface area contributed by atoms with E-state index >= 15 is 0 Å². The van der Waals surface area contributed by atoms with Crippen molar-refractivity contribution < 1.29 is 19.1 Å². The van der Waals surface area contributed by atoms with Crippen LogP contribution in [0.1, 0.15) is 28.5 Å². The molecule has 0 aliphatic rings. The lowest BCUT2D eigenvalue weighted by molar-refractivity contribution is -0.127. The number of aryl methyl sites for hydroxylation is 1. The summed E-state index contributed by atoms with van der Waals surface area (Å²) >= 11 is 0. The molecule has 0 saturated heterocycles. The van der Waals surface area contributed by atoms with Crippen LogP contribution in [-0.2, 0) is 20.7 Å². The summed E-state index contributed by atoms with van der Waals surface area (Å²) in [6, 6.07) is 7.31. The number of nitrogens with zero attached hydrogens (tertiary/aromatic N) is 1. The smallest absolute Gasteiger partial charge is 0.339 e. The van der Waals surface area contributed by atoms with E-state index in [1.54, 1.807) is 6.07 Å². The van der Waals surface area contributed by atoms with Crippen LogP contribution in [0.15, 0.2) is 24.3 Å². The second kappa shape index (κ2) is 8.23. The molecule has 0 radical (unpaired) electrons. The second-order valence-electron chi connectivity index (χ2n) is 5.46. The Hall–Kier alpha value is -2.96. The van der Waals surface area contributed by atoms with Gasteiger partial charge in [-0.3, -0.25) is 14.6 Å². The van der Waals surface area contributed by atoms with Gasteiger partial charge in [0.25, 0.3) is 5.91 Å². The summed E-state index contributed by atoms with van der Waals surface area (Å²) in [6.07, 6.45) is 0.684. The zero-order valence-electron chi connectivity index (χ0n) is 14.5. The number of para-hydroxylation sites is 1. The van der Waals surface area contributed by atoms with E-state index in [9.17, 15) is 14.4 Å². The zero-order chi connectivity index (χ0) is 18.4. The fourth-order valence-corrected chi connectivity index (χ4v) is 2.49. The lowest BCUT2D eigenvalue weighted by Gasteiger charge is -2.13. The SMILES string of the molecule is CCc1nc2ccccc2c(C(=O)OCC(=O)NCC(=O)NC)c1C. The molecule has 2 rings (SSSR count). The normalized spacial score (nSPS) is 10.4. The fraction of sp³-hybridized carbons (Fsp3) is 0.333. The highest BCUT2D eigenvalue weighted by Gasteiger charge is 2.19. The van der Waals surface area contributed by atoms with E-state index in [4.69, 9.17) is 4.74 Å². The van der Waals surface area contributed by atoms with E-state index in [0.29, 0.717) is 22.9 Å². The lowest BCUT2D eigenvalue weighted by atomic mass is 10.0. The van der Waals surface area contributed by atoms with E-state index in [1.165, 1.54) is 7.05 Å². The molecule has 0 aliphatic carbocycles. The molecule has 1 heterocycles. The number of carbonyl (C=O) groups is 3. The van der Waals surface area contributed by atoms with Crippen LogP contribution in [-0.4, -0.2) is 43.0 Å². The van der Waals surface area contributed by atoms with Gasteiger partial charge in [-0.2, -0.15) is 0 Å². The summed E-state index contributed by atoms with van der Waals surface area (Å²) in [5.74, 6) is -1.45. The zero-order valence-corrected chi connectivity index (χ0v) is 14.5. The van der Waals surface area contributed by atoms with Crippen LogP contribution in [0.5, 0.6) is 0 Å². The number of esters is 1. The number of fused-ring (bicyclic) bond motifs is 1. The monoisotopic (exact) mass is 343 g/mol. The van der Waals surface area contributed by atoms with E-state index in [2.05, 4.69) is 15.6 Å². The highest BCUT2D eigenvalue weighted by Crippen LogP contribution is 2.24. The molecule has 7 nitrogen and oxygen atoms in total. The molecule has 0 fully saturated rings. The molecule has 0 saturated carbocycles. The summed E-state index contributed by atoms with van der Waals surface area (Å²) in [4.78, 5) is 39.9. The predicted octanol–water partition coefficient (Wildman–Crippen LogP) is 1.12. The molecule has 0 aliphatic heterocycles. The van der Waals surface area contributed by atoms with Crippen LogP contribution < -0.4 is 10.6 Å². The Morgan fingerprint density at radius 3 is 2.56 bits per heavy atom. The van der Waals surface area contributed by atoms with Crippen LogP contribution in [0.2, 0.25) is 0 Å². The van der Waals surface area contributed by atoms with Crippen LogP contribution in [0.25, 0.3) is 10.9 Å². The van der Waals surface area contributed by atoms with Gasteiger partial charge in [-0.25, -0.2) is 4.79 Å². The average Bonchev–Trinajstić information content (AvgIpc) is 2.63. The molecule has 1 aromatic carbocycles. The van der Waals surface area contributed by atoms with Crippen molar-refractivity contribution in [1.82, 2.24) is 15.6 Å². The molecule has 0 atom stereocenters. The first-order chi connectivity index (χ1) is 12.0. The van der Waals surface area contributed by atoms with E-state index in [1.807, 2.05) is 32.0 Å². The minimum atomic E-state index is -0.583. The maximum Gasteiger partial charge on any atom is 0.339 e. The number of aromatic nitrogens is 1. The standard InChI is InChI=1S/C18H21N3O4/c1-4-13-11(2)17(12-7-5-6-8-14(12)21-13)18(24)25-10-16(23)20-9-15(22)19-3/h5-8H,4,9-10H2,1-3H3,(H,19,22)(H,20,23). The fourth-order valence-electron chi connectivity index (χ4n) is 2.49. The Morgan fingerprint density at radius 1 is 1.16 bits per heavy atom. The second-order valence-corrected chi connectivity index (χ2v) is 5.46. The van der Waals surface area contributed by atoms with Crippen molar-refractivity contribution in [3.05, 3.63) is 41.1 Å². The molecule has 0 spiro atoms. The summed E-state index contributed by atoms with van der Waals surface area (Å²) in [6.45, 7) is 3.17. The van der Waals surface area contributed by atoms with Crippen molar-refractivity contribution in [2.45, 2.75) is 20.3 Å². The minimum absolute atomic E-state index is 0.163. The molecule has 0 bridgehead atoms. The number of carbonyl (C=O) groups excluding carboxylic acids is 3. The van der Waals surface area contributed by atoms with Gasteiger partial charge in [-0.1, -0.05) is 25.1 Å². The number of rotatable bonds is 6. The maximum atomic E-state index is 12.5. The number of pyridine rings is 1. The molecule has 132 valence electrons. The third-order valence-electron chi connectivity index (χ3n) is 3.83. The van der Waals surface area contributed by atoms with Gasteiger partial charge in [-0.15, -0.1) is 0 Å². The highest BCUT2D eigenvalue weighted by atomic mass is 16.5. The molecule has 0 unspecified atom stereocenters. The summed E-state index contributed by atoms with van der Waals surface area (Å²) in [7, 11) is 1.47. The number of hydrogen-bond donors (Lipinski definition) is 2. The van der Waals surface area contributed by atoms with Crippen molar-refractivity contribution in [3.63, 3.8) is 0 Å². The summed E-state index contributed by atoms with van der Waals surface area (Å²) < 4.78 is 5.13. The van der Waals surface area contributed by atoms with Gasteiger partial charge in [0.1, 0.15) is 0 Å². The van der Waals surface area contributed by atoms with Crippen LogP contribution in [0, 0.1) is 6.92 Å². The van der Waals surface area contributed by atoms with Gasteiger partial charge < -0.3 is 15.4 Å². The summed E-state index contributed by atoms with van der Waals surface area (Å²) in [5, 5.41) is 5.44. The molecule has 1 aromatic heterocycles. The molecular formula is C18H21N3O4. The highest BCUT2D eigenvalue weighted by molar-refractivity contribution is 6.05. The number of nitrogens with one attached hydrogen (secondary N) is 2. The molecule has 2 aromatic rings. The molecular weight excluding hydrogens is 322 g/mol. The van der Waals surface area contributed by atoms with E-state index < -0.39 is 18.5 Å². The van der Waals surface area contributed by atoms with Gasteiger partial charge in [0.15, 0.2) is 6.61 Å². The van der Waals surface area contributed by atoms with Crippen molar-refractivity contribution in [1.29, 1.82) is 0 Å². The van der Waals surface area contributed by atoms with Crippen molar-refractivity contribution in [2.75, 3.05) is 20.2 Å². The number of hydrogen-bond acceptors (Lipinski definition) is 5. The van der Waals surface area contributed by atoms with Gasteiger partial charge in [-0.05, 0) is 25.0 Å². The average molecular weight is 343 g/mol. The Kier molecular flexibility index (Phi) is 6.05. The van der Waals surface area contributed by atoms with Crippen molar-refractivity contribution >= 4 is 28.7 Å². The molecule has 7 heteroatoms. The Labute approximate surface area is 145 Å². The van der Waals surface area contributed by atoms with Crippen LogP contribution in [0.3, 0.4) is 0 Å². The number of ether oxygens (including phenoxy) is 1. The third-order valence-corrected chi connectivity index (χ3v) is 3.83. The predicted molar refractivity (Wildman–Crippen MR) is 93.2 cm³/mol. The minimum Gasteiger partial charge on any atom is -0.452 e. The Morgan fingerprint density at radius 2 is 1.88 bits per heavy atom. The molecule has 2 N–H and O–H groups in total. The quantitative estimate of drug-likeness (QED) is 0.766. The number of amides is 2. The first kappa shape index (κ1) is 18.4. The van der Waals surface area contributed by atoms with Gasteiger partial charge >= 0.3 is 5.97 Å². The first-order valence-corrected chi connectivity index (χ1v) is 8.00. The van der Waals surface area contributed by atoms with Gasteiger partial charge in [0.05, 0.1) is 17.6 Å². The van der Waals surface area contributed by atoms with E-state index in [-0.39, 0.29) is 12.5 Å². The van der Waals surface area contributed by atoms with Crippen LogP contribution >= 0.6 is 0 Å². The van der Waals surface area contributed by atoms with Gasteiger partial charge in [0, 0.05) is 18.1 Å². The lowest BCUT2D eigenvalue weighted by Crippen LogP contribution is -2.37. The molecule has 25 heavy (non-hydrogen) atoms. The Bertz CT molecular complexity index is 817.